The minimum atomic E-state index is 0.165. The lowest BCUT2D eigenvalue weighted by molar-refractivity contribution is -0.121. The molecular formula is C10H13BrOS. The summed E-state index contributed by atoms with van der Waals surface area (Å²) in [4.78, 5) is 12.6. The highest BCUT2D eigenvalue weighted by Gasteiger charge is 2.08. The summed E-state index contributed by atoms with van der Waals surface area (Å²) in [6.45, 7) is 3.90. The molecule has 1 heterocycles. The Kier molecular flexibility index (Phi) is 4.13. The molecule has 0 aromatic carbocycles. The standard InChI is InChI=1S/C10H13BrOS/c1-7(2)9(12)3-4-10-8(11)5-6-13-10/h5-7H,3-4H2,1-2H3. The number of hydrogen-bond donors (Lipinski definition) is 0. The highest BCUT2D eigenvalue weighted by Crippen LogP contribution is 2.24. The number of carbonyl (C=O) groups excluding carboxylic acids is 1. The third-order valence-electron chi connectivity index (χ3n) is 1.93. The molecule has 0 radical (unpaired) electrons. The van der Waals surface area contributed by atoms with Gasteiger partial charge in [-0.3, -0.25) is 4.79 Å². The highest BCUT2D eigenvalue weighted by atomic mass is 79.9. The molecule has 3 heteroatoms. The topological polar surface area (TPSA) is 17.1 Å². The van der Waals surface area contributed by atoms with Crippen LogP contribution in [0.1, 0.15) is 25.1 Å². The van der Waals surface area contributed by atoms with Gasteiger partial charge in [0.2, 0.25) is 0 Å². The normalized spacial score (nSPS) is 10.8. The van der Waals surface area contributed by atoms with Gasteiger partial charge in [-0.25, -0.2) is 0 Å². The molecule has 0 spiro atoms. The molecule has 0 unspecified atom stereocenters. The number of thiophene rings is 1. The number of aryl methyl sites for hydroxylation is 1. The van der Waals surface area contributed by atoms with Crippen molar-refractivity contribution < 1.29 is 4.79 Å². The molecule has 0 saturated heterocycles. The number of carbonyl (C=O) groups is 1. The van der Waals surface area contributed by atoms with Crippen molar-refractivity contribution in [2.45, 2.75) is 26.7 Å². The monoisotopic (exact) mass is 260 g/mol. The molecule has 0 aliphatic carbocycles. The van der Waals surface area contributed by atoms with Crippen molar-refractivity contribution in [3.8, 4) is 0 Å². The van der Waals surface area contributed by atoms with Crippen molar-refractivity contribution >= 4 is 33.0 Å². The zero-order valence-corrected chi connectivity index (χ0v) is 10.2. The fourth-order valence-corrected chi connectivity index (χ4v) is 2.58. The molecule has 72 valence electrons. The molecule has 0 bridgehead atoms. The van der Waals surface area contributed by atoms with Crippen molar-refractivity contribution in [2.75, 3.05) is 0 Å². The van der Waals surface area contributed by atoms with Crippen molar-refractivity contribution in [3.05, 3.63) is 20.8 Å². The van der Waals surface area contributed by atoms with E-state index in [1.807, 2.05) is 25.3 Å². The van der Waals surface area contributed by atoms with Crippen LogP contribution in [0.3, 0.4) is 0 Å². The van der Waals surface area contributed by atoms with Crippen LogP contribution in [0.5, 0.6) is 0 Å². The van der Waals surface area contributed by atoms with E-state index in [1.165, 1.54) is 4.88 Å². The molecule has 1 rings (SSSR count). The molecule has 0 aliphatic rings. The van der Waals surface area contributed by atoms with Gasteiger partial charge in [-0.1, -0.05) is 13.8 Å². The Morgan fingerprint density at radius 3 is 2.77 bits per heavy atom. The van der Waals surface area contributed by atoms with Gasteiger partial charge in [0, 0.05) is 21.7 Å². The summed E-state index contributed by atoms with van der Waals surface area (Å²) in [5.41, 5.74) is 0. The van der Waals surface area contributed by atoms with Gasteiger partial charge in [-0.15, -0.1) is 11.3 Å². The first-order valence-corrected chi connectivity index (χ1v) is 6.03. The van der Waals surface area contributed by atoms with E-state index in [4.69, 9.17) is 0 Å². The Balaban J connectivity index is 2.44. The van der Waals surface area contributed by atoms with Gasteiger partial charge in [-0.05, 0) is 33.8 Å². The molecule has 1 aromatic heterocycles. The second kappa shape index (κ2) is 4.91. The largest absolute Gasteiger partial charge is 0.299 e. The summed E-state index contributed by atoms with van der Waals surface area (Å²) in [5.74, 6) is 0.513. The van der Waals surface area contributed by atoms with Gasteiger partial charge in [0.05, 0.1) is 0 Å². The quantitative estimate of drug-likeness (QED) is 0.808. The first kappa shape index (κ1) is 10.9. The van der Waals surface area contributed by atoms with E-state index in [2.05, 4.69) is 15.9 Å². The van der Waals surface area contributed by atoms with E-state index >= 15 is 0 Å². The Morgan fingerprint density at radius 1 is 1.62 bits per heavy atom. The molecule has 0 fully saturated rings. The Hall–Kier alpha value is -0.150. The lowest BCUT2D eigenvalue weighted by atomic mass is 10.0. The molecular weight excluding hydrogens is 248 g/mol. The van der Waals surface area contributed by atoms with E-state index in [1.54, 1.807) is 11.3 Å². The van der Waals surface area contributed by atoms with Crippen LogP contribution in [-0.4, -0.2) is 5.78 Å². The van der Waals surface area contributed by atoms with Gasteiger partial charge < -0.3 is 0 Å². The van der Waals surface area contributed by atoms with Gasteiger partial charge in [0.25, 0.3) is 0 Å². The van der Waals surface area contributed by atoms with Gasteiger partial charge in [0.15, 0.2) is 0 Å². The highest BCUT2D eigenvalue weighted by molar-refractivity contribution is 9.10. The average molecular weight is 261 g/mol. The molecule has 0 N–H and O–H groups in total. The molecule has 0 saturated carbocycles. The van der Waals surface area contributed by atoms with Crippen molar-refractivity contribution in [1.82, 2.24) is 0 Å². The van der Waals surface area contributed by atoms with Crippen molar-refractivity contribution in [3.63, 3.8) is 0 Å². The van der Waals surface area contributed by atoms with Crippen LogP contribution in [0.25, 0.3) is 0 Å². The van der Waals surface area contributed by atoms with E-state index in [-0.39, 0.29) is 5.92 Å². The summed E-state index contributed by atoms with van der Waals surface area (Å²) in [5, 5.41) is 2.04. The van der Waals surface area contributed by atoms with Crippen LogP contribution in [0, 0.1) is 5.92 Å². The Bertz CT molecular complexity index is 291. The maximum atomic E-state index is 11.3. The first-order chi connectivity index (χ1) is 6.11. The van der Waals surface area contributed by atoms with Crippen LogP contribution in [0.15, 0.2) is 15.9 Å². The second-order valence-electron chi connectivity index (χ2n) is 3.31. The first-order valence-electron chi connectivity index (χ1n) is 4.36. The Labute approximate surface area is 91.3 Å². The number of ketones is 1. The van der Waals surface area contributed by atoms with Crippen molar-refractivity contribution in [1.29, 1.82) is 0 Å². The SMILES string of the molecule is CC(C)C(=O)CCc1sccc1Br. The average Bonchev–Trinajstić information content (AvgIpc) is 2.47. The molecule has 1 nitrogen and oxygen atoms in total. The maximum absolute atomic E-state index is 11.3. The predicted molar refractivity (Wildman–Crippen MR) is 60.2 cm³/mol. The molecule has 0 atom stereocenters. The van der Waals surface area contributed by atoms with Gasteiger partial charge in [0.1, 0.15) is 5.78 Å². The van der Waals surface area contributed by atoms with Crippen LogP contribution >= 0.6 is 27.3 Å². The van der Waals surface area contributed by atoms with E-state index < -0.39 is 0 Å². The summed E-state index contributed by atoms with van der Waals surface area (Å²) in [6, 6.07) is 2.03. The summed E-state index contributed by atoms with van der Waals surface area (Å²) >= 11 is 5.16. The lowest BCUT2D eigenvalue weighted by Gasteiger charge is -2.02. The predicted octanol–water partition coefficient (Wildman–Crippen LogP) is 3.67. The Morgan fingerprint density at radius 2 is 2.31 bits per heavy atom. The zero-order valence-electron chi connectivity index (χ0n) is 7.84. The third-order valence-corrected chi connectivity index (χ3v) is 3.92. The fraction of sp³-hybridized carbons (Fsp3) is 0.500. The van der Waals surface area contributed by atoms with Crippen molar-refractivity contribution in [2.24, 2.45) is 5.92 Å². The smallest absolute Gasteiger partial charge is 0.135 e. The van der Waals surface area contributed by atoms with Crippen LogP contribution in [-0.2, 0) is 11.2 Å². The maximum Gasteiger partial charge on any atom is 0.135 e. The minimum absolute atomic E-state index is 0.165. The zero-order chi connectivity index (χ0) is 9.84. The van der Waals surface area contributed by atoms with Gasteiger partial charge in [-0.2, -0.15) is 0 Å². The second-order valence-corrected chi connectivity index (χ2v) is 5.17. The lowest BCUT2D eigenvalue weighted by Crippen LogP contribution is -2.07. The summed E-state index contributed by atoms with van der Waals surface area (Å²) < 4.78 is 1.13. The van der Waals surface area contributed by atoms with E-state index in [0.717, 1.165) is 10.9 Å². The fourth-order valence-electron chi connectivity index (χ4n) is 1.03. The van der Waals surface area contributed by atoms with Crippen LogP contribution in [0.4, 0.5) is 0 Å². The molecule has 1 aromatic rings. The summed E-state index contributed by atoms with van der Waals surface area (Å²) in [6.07, 6.45) is 1.53. The van der Waals surface area contributed by atoms with Crippen LogP contribution in [0.2, 0.25) is 0 Å². The number of rotatable bonds is 4. The number of halogens is 1. The van der Waals surface area contributed by atoms with Crippen LogP contribution < -0.4 is 0 Å². The number of Topliss-reactive ketones (excluding diaryl/α,β-unsaturated/α-hetero) is 1. The minimum Gasteiger partial charge on any atom is -0.299 e. The third kappa shape index (κ3) is 3.24. The van der Waals surface area contributed by atoms with E-state index in [0.29, 0.717) is 12.2 Å². The van der Waals surface area contributed by atoms with E-state index in [9.17, 15) is 4.79 Å². The molecule has 0 amide bonds. The molecule has 13 heavy (non-hydrogen) atoms. The molecule has 0 aliphatic heterocycles. The summed E-state index contributed by atoms with van der Waals surface area (Å²) in [7, 11) is 0. The van der Waals surface area contributed by atoms with Gasteiger partial charge >= 0.3 is 0 Å². The number of hydrogen-bond acceptors (Lipinski definition) is 2.